The van der Waals surface area contributed by atoms with Gasteiger partial charge in [0.2, 0.25) is 0 Å². The summed E-state index contributed by atoms with van der Waals surface area (Å²) in [7, 11) is 0. The van der Waals surface area contributed by atoms with Crippen LogP contribution in [0.25, 0.3) is 0 Å². The highest BCUT2D eigenvalue weighted by Gasteiger charge is 2.32. The van der Waals surface area contributed by atoms with Crippen LogP contribution in [0, 0.1) is 17.0 Å². The summed E-state index contributed by atoms with van der Waals surface area (Å²) in [6.07, 6.45) is 1.09. The van der Waals surface area contributed by atoms with Crippen LogP contribution in [-0.4, -0.2) is 66.6 Å². The van der Waals surface area contributed by atoms with Crippen LogP contribution in [0.1, 0.15) is 18.9 Å². The molecule has 0 saturated carbocycles. The highest BCUT2D eigenvalue weighted by Crippen LogP contribution is 2.34. The van der Waals surface area contributed by atoms with Crippen LogP contribution in [0.4, 0.5) is 11.4 Å². The fraction of sp³-hybridized carbons (Fsp3) is 0.647. The van der Waals surface area contributed by atoms with Crippen LogP contribution in [0.15, 0.2) is 18.2 Å². The van der Waals surface area contributed by atoms with E-state index in [0.29, 0.717) is 6.04 Å². The summed E-state index contributed by atoms with van der Waals surface area (Å²) in [5, 5.41) is 11.3. The summed E-state index contributed by atoms with van der Waals surface area (Å²) in [6, 6.07) is 5.88. The lowest BCUT2D eigenvalue weighted by atomic mass is 10.1. The number of aryl methyl sites for hydroxylation is 1. The summed E-state index contributed by atoms with van der Waals surface area (Å²) < 4.78 is 0. The molecule has 1 aromatic rings. The minimum atomic E-state index is -0.254. The third-order valence-corrected chi connectivity index (χ3v) is 5.26. The van der Waals surface area contributed by atoms with Crippen molar-refractivity contribution in [1.82, 2.24) is 9.80 Å². The molecular formula is C17H26N4O2. The number of benzene rings is 1. The highest BCUT2D eigenvalue weighted by molar-refractivity contribution is 5.68. The van der Waals surface area contributed by atoms with Crippen molar-refractivity contribution < 1.29 is 4.92 Å². The Balaban J connectivity index is 1.70. The molecule has 3 rings (SSSR count). The van der Waals surface area contributed by atoms with Gasteiger partial charge in [-0.25, -0.2) is 0 Å². The smallest absolute Gasteiger partial charge is 0.292 e. The number of rotatable bonds is 4. The van der Waals surface area contributed by atoms with Gasteiger partial charge in [0.15, 0.2) is 0 Å². The Morgan fingerprint density at radius 2 is 1.96 bits per heavy atom. The van der Waals surface area contributed by atoms with Gasteiger partial charge < -0.3 is 9.80 Å². The second kappa shape index (κ2) is 6.84. The molecule has 1 aromatic carbocycles. The van der Waals surface area contributed by atoms with Gasteiger partial charge in [-0.05, 0) is 25.5 Å². The van der Waals surface area contributed by atoms with Gasteiger partial charge in [-0.1, -0.05) is 19.1 Å². The van der Waals surface area contributed by atoms with E-state index in [-0.39, 0.29) is 10.6 Å². The Kier molecular flexibility index (Phi) is 4.82. The molecule has 0 aliphatic carbocycles. The topological polar surface area (TPSA) is 52.9 Å². The molecule has 0 bridgehead atoms. The largest absolute Gasteiger partial charge is 0.364 e. The SMILES string of the molecule is CCN1CCN(C2CCN(c3c(C)cccc3[N+](=O)[O-])C2)CC1. The number of piperazine rings is 1. The van der Waals surface area contributed by atoms with E-state index in [4.69, 9.17) is 0 Å². The maximum Gasteiger partial charge on any atom is 0.292 e. The van der Waals surface area contributed by atoms with E-state index in [0.717, 1.165) is 63.5 Å². The van der Waals surface area contributed by atoms with Crippen molar-refractivity contribution in [2.75, 3.05) is 50.7 Å². The van der Waals surface area contributed by atoms with Crippen molar-refractivity contribution in [2.24, 2.45) is 0 Å². The molecule has 23 heavy (non-hydrogen) atoms. The Morgan fingerprint density at radius 3 is 2.61 bits per heavy atom. The molecule has 1 atom stereocenters. The Labute approximate surface area is 137 Å². The molecule has 0 N–H and O–H groups in total. The van der Waals surface area contributed by atoms with E-state index in [2.05, 4.69) is 21.6 Å². The van der Waals surface area contributed by atoms with Gasteiger partial charge in [-0.2, -0.15) is 0 Å². The maximum absolute atomic E-state index is 11.3. The van der Waals surface area contributed by atoms with Gasteiger partial charge in [0.25, 0.3) is 5.69 Å². The predicted octanol–water partition coefficient (Wildman–Crippen LogP) is 2.12. The summed E-state index contributed by atoms with van der Waals surface area (Å²) >= 11 is 0. The van der Waals surface area contributed by atoms with Crippen molar-refractivity contribution in [3.8, 4) is 0 Å². The van der Waals surface area contributed by atoms with Crippen LogP contribution >= 0.6 is 0 Å². The van der Waals surface area contributed by atoms with Gasteiger partial charge in [-0.3, -0.25) is 15.0 Å². The van der Waals surface area contributed by atoms with Crippen molar-refractivity contribution in [1.29, 1.82) is 0 Å². The minimum absolute atomic E-state index is 0.237. The first-order valence-corrected chi connectivity index (χ1v) is 8.55. The van der Waals surface area contributed by atoms with E-state index in [1.807, 2.05) is 13.0 Å². The van der Waals surface area contributed by atoms with Crippen LogP contribution in [0.5, 0.6) is 0 Å². The molecule has 6 heteroatoms. The van der Waals surface area contributed by atoms with Crippen molar-refractivity contribution in [3.63, 3.8) is 0 Å². The van der Waals surface area contributed by atoms with Gasteiger partial charge in [0, 0.05) is 51.4 Å². The van der Waals surface area contributed by atoms with E-state index in [9.17, 15) is 10.1 Å². The maximum atomic E-state index is 11.3. The molecule has 6 nitrogen and oxygen atoms in total. The van der Waals surface area contributed by atoms with Crippen molar-refractivity contribution in [3.05, 3.63) is 33.9 Å². The zero-order chi connectivity index (χ0) is 16.4. The van der Waals surface area contributed by atoms with Gasteiger partial charge in [0.05, 0.1) is 4.92 Å². The van der Waals surface area contributed by atoms with E-state index >= 15 is 0 Å². The van der Waals surface area contributed by atoms with Crippen LogP contribution in [0.3, 0.4) is 0 Å². The zero-order valence-corrected chi connectivity index (χ0v) is 14.1. The molecule has 0 aromatic heterocycles. The first-order valence-electron chi connectivity index (χ1n) is 8.55. The normalized spacial score (nSPS) is 23.4. The Morgan fingerprint density at radius 1 is 1.22 bits per heavy atom. The Hall–Kier alpha value is -1.66. The molecule has 2 saturated heterocycles. The molecule has 0 amide bonds. The third kappa shape index (κ3) is 3.33. The molecule has 126 valence electrons. The quantitative estimate of drug-likeness (QED) is 0.629. The standard InChI is InChI=1S/C17H26N4O2/c1-3-18-9-11-19(12-10-18)15-7-8-20(13-15)17-14(2)5-4-6-16(17)21(22)23/h4-6,15H,3,7-13H2,1-2H3. The molecule has 2 aliphatic rings. The average Bonchev–Trinajstić information content (AvgIpc) is 3.04. The summed E-state index contributed by atoms with van der Waals surface area (Å²) in [4.78, 5) is 18.4. The number of hydrogen-bond donors (Lipinski definition) is 0. The van der Waals surface area contributed by atoms with Crippen LogP contribution < -0.4 is 4.90 Å². The zero-order valence-electron chi connectivity index (χ0n) is 14.1. The lowest BCUT2D eigenvalue weighted by Crippen LogP contribution is -2.50. The van der Waals surface area contributed by atoms with Crippen molar-refractivity contribution >= 4 is 11.4 Å². The molecule has 2 aliphatic heterocycles. The fourth-order valence-corrected chi connectivity index (χ4v) is 3.89. The molecule has 2 heterocycles. The molecule has 2 fully saturated rings. The fourth-order valence-electron chi connectivity index (χ4n) is 3.89. The van der Waals surface area contributed by atoms with E-state index < -0.39 is 0 Å². The van der Waals surface area contributed by atoms with Gasteiger partial charge in [0.1, 0.15) is 5.69 Å². The van der Waals surface area contributed by atoms with E-state index in [1.54, 1.807) is 12.1 Å². The van der Waals surface area contributed by atoms with Gasteiger partial charge >= 0.3 is 0 Å². The highest BCUT2D eigenvalue weighted by atomic mass is 16.6. The number of nitro benzene ring substituents is 1. The first-order chi connectivity index (χ1) is 11.1. The predicted molar refractivity (Wildman–Crippen MR) is 92.1 cm³/mol. The van der Waals surface area contributed by atoms with E-state index in [1.165, 1.54) is 0 Å². The molecular weight excluding hydrogens is 292 g/mol. The number of para-hydroxylation sites is 1. The van der Waals surface area contributed by atoms with Crippen LogP contribution in [0.2, 0.25) is 0 Å². The number of likely N-dealkylation sites (N-methyl/N-ethyl adjacent to an activating group) is 1. The van der Waals surface area contributed by atoms with Crippen LogP contribution in [-0.2, 0) is 0 Å². The number of hydrogen-bond acceptors (Lipinski definition) is 5. The monoisotopic (exact) mass is 318 g/mol. The summed E-state index contributed by atoms with van der Waals surface area (Å²) in [6.45, 7) is 11.6. The van der Waals surface area contributed by atoms with Gasteiger partial charge in [-0.15, -0.1) is 0 Å². The molecule has 0 radical (unpaired) electrons. The number of nitrogens with zero attached hydrogens (tertiary/aromatic N) is 4. The minimum Gasteiger partial charge on any atom is -0.364 e. The molecule has 1 unspecified atom stereocenters. The average molecular weight is 318 g/mol. The lowest BCUT2D eigenvalue weighted by Gasteiger charge is -2.37. The molecule has 0 spiro atoms. The third-order valence-electron chi connectivity index (χ3n) is 5.26. The second-order valence-electron chi connectivity index (χ2n) is 6.56. The summed E-state index contributed by atoms with van der Waals surface area (Å²) in [5.74, 6) is 0. The first kappa shape index (κ1) is 16.2. The second-order valence-corrected chi connectivity index (χ2v) is 6.56. The summed E-state index contributed by atoms with van der Waals surface area (Å²) in [5.41, 5.74) is 2.05. The number of anilines is 1. The lowest BCUT2D eigenvalue weighted by molar-refractivity contribution is -0.384. The number of nitro groups is 1. The Bertz CT molecular complexity index is 570. The van der Waals surface area contributed by atoms with Crippen molar-refractivity contribution in [2.45, 2.75) is 26.3 Å².